The van der Waals surface area contributed by atoms with Crippen molar-refractivity contribution in [2.24, 2.45) is 11.3 Å². The fourth-order valence-corrected chi connectivity index (χ4v) is 3.87. The van der Waals surface area contributed by atoms with Crippen molar-refractivity contribution in [1.82, 2.24) is 0 Å². The molecule has 5 nitrogen and oxygen atoms in total. The third-order valence-electron chi connectivity index (χ3n) is 5.05. The van der Waals surface area contributed by atoms with E-state index in [1.165, 1.54) is 13.8 Å². The molecule has 2 aliphatic rings. The van der Waals surface area contributed by atoms with Crippen LogP contribution >= 0.6 is 0 Å². The van der Waals surface area contributed by atoms with Crippen LogP contribution in [-0.2, 0) is 23.9 Å². The Labute approximate surface area is 131 Å². The summed E-state index contributed by atoms with van der Waals surface area (Å²) in [5.74, 6) is -0.341. The van der Waals surface area contributed by atoms with Gasteiger partial charge in [0.05, 0.1) is 6.61 Å². The molecule has 22 heavy (non-hydrogen) atoms. The highest BCUT2D eigenvalue weighted by molar-refractivity contribution is 5.96. The number of ether oxygens (including phenoxy) is 2. The molecule has 0 aromatic rings. The molecule has 2 rings (SSSR count). The summed E-state index contributed by atoms with van der Waals surface area (Å²) in [4.78, 5) is 34.5. The highest BCUT2D eigenvalue weighted by Gasteiger charge is 2.49. The van der Waals surface area contributed by atoms with Crippen LogP contribution in [0.4, 0.5) is 0 Å². The molecule has 0 heterocycles. The number of esters is 2. The lowest BCUT2D eigenvalue weighted by Crippen LogP contribution is -2.46. The monoisotopic (exact) mass is 308 g/mol. The number of rotatable bonds is 4. The highest BCUT2D eigenvalue weighted by atomic mass is 16.5. The Morgan fingerprint density at radius 2 is 1.86 bits per heavy atom. The maximum absolute atomic E-state index is 12.1. The Morgan fingerprint density at radius 1 is 1.18 bits per heavy atom. The molecule has 0 spiro atoms. The topological polar surface area (TPSA) is 69.7 Å². The van der Waals surface area contributed by atoms with E-state index in [4.69, 9.17) is 9.47 Å². The molecule has 1 fully saturated rings. The summed E-state index contributed by atoms with van der Waals surface area (Å²) in [5, 5.41) is 0. The van der Waals surface area contributed by atoms with E-state index in [-0.39, 0.29) is 35.7 Å². The molecule has 2 atom stereocenters. The number of Topliss-reactive ketones (excluding diaryl/α,β-unsaturated/α-hetero) is 1. The largest absolute Gasteiger partial charge is 0.466 e. The summed E-state index contributed by atoms with van der Waals surface area (Å²) < 4.78 is 10.6. The highest BCUT2D eigenvalue weighted by Crippen LogP contribution is 2.52. The number of carbonyl (C=O) groups excluding carboxylic acids is 3. The van der Waals surface area contributed by atoms with E-state index in [0.717, 1.165) is 30.4 Å². The summed E-state index contributed by atoms with van der Waals surface area (Å²) in [7, 11) is 0. The van der Waals surface area contributed by atoms with E-state index in [2.05, 4.69) is 0 Å². The lowest BCUT2D eigenvalue weighted by Gasteiger charge is -2.48. The Balaban J connectivity index is 2.34. The maximum Gasteiger partial charge on any atom is 0.302 e. The minimum absolute atomic E-state index is 0.0996. The summed E-state index contributed by atoms with van der Waals surface area (Å²) in [6, 6.07) is 0. The molecule has 0 saturated heterocycles. The molecule has 0 unspecified atom stereocenters. The number of fused-ring (bicyclic) bond motifs is 1. The van der Waals surface area contributed by atoms with Gasteiger partial charge >= 0.3 is 11.9 Å². The van der Waals surface area contributed by atoms with Gasteiger partial charge in [-0.1, -0.05) is 5.57 Å². The van der Waals surface area contributed by atoms with Crippen molar-refractivity contribution in [2.45, 2.75) is 52.9 Å². The zero-order valence-electron chi connectivity index (χ0n) is 13.6. The molecule has 5 heteroatoms. The summed E-state index contributed by atoms with van der Waals surface area (Å²) in [6.45, 7) is 5.25. The van der Waals surface area contributed by atoms with Crippen LogP contribution in [0.2, 0.25) is 0 Å². The van der Waals surface area contributed by atoms with E-state index < -0.39 is 0 Å². The molecule has 1 saturated carbocycles. The van der Waals surface area contributed by atoms with Gasteiger partial charge in [0.15, 0.2) is 5.78 Å². The SMILES string of the molecule is CC(=O)OC[C@H]1CCCC2=C(C)C(=O)CC[C@]21COC(C)=O. The average Bonchev–Trinajstić information content (AvgIpc) is 2.47. The molecule has 0 bridgehead atoms. The van der Waals surface area contributed by atoms with Crippen LogP contribution in [0, 0.1) is 11.3 Å². The quantitative estimate of drug-likeness (QED) is 0.747. The molecule has 0 aliphatic heterocycles. The number of ketones is 1. The lowest BCUT2D eigenvalue weighted by atomic mass is 9.58. The van der Waals surface area contributed by atoms with E-state index in [0.29, 0.717) is 19.4 Å². The van der Waals surface area contributed by atoms with Gasteiger partial charge in [0, 0.05) is 31.6 Å². The van der Waals surface area contributed by atoms with Gasteiger partial charge in [-0.25, -0.2) is 0 Å². The van der Waals surface area contributed by atoms with Crippen molar-refractivity contribution in [2.75, 3.05) is 13.2 Å². The summed E-state index contributed by atoms with van der Waals surface area (Å²) >= 11 is 0. The first-order chi connectivity index (χ1) is 10.4. The van der Waals surface area contributed by atoms with Gasteiger partial charge in [-0.15, -0.1) is 0 Å². The van der Waals surface area contributed by atoms with Gasteiger partial charge in [-0.05, 0) is 38.2 Å². The number of hydrogen-bond acceptors (Lipinski definition) is 5. The minimum atomic E-state index is -0.350. The van der Waals surface area contributed by atoms with Crippen LogP contribution in [0.3, 0.4) is 0 Å². The Morgan fingerprint density at radius 3 is 2.50 bits per heavy atom. The zero-order valence-corrected chi connectivity index (χ0v) is 13.6. The van der Waals surface area contributed by atoms with Gasteiger partial charge in [0.1, 0.15) is 6.61 Å². The predicted octanol–water partition coefficient (Wildman–Crippen LogP) is 2.58. The second-order valence-electron chi connectivity index (χ2n) is 6.35. The van der Waals surface area contributed by atoms with Crippen LogP contribution in [-0.4, -0.2) is 30.9 Å². The van der Waals surface area contributed by atoms with Gasteiger partial charge < -0.3 is 9.47 Å². The first kappa shape index (κ1) is 16.7. The molecule has 0 N–H and O–H groups in total. The van der Waals surface area contributed by atoms with Crippen molar-refractivity contribution in [3.05, 3.63) is 11.1 Å². The normalized spacial score (nSPS) is 28.1. The molecular formula is C17H24O5. The fourth-order valence-electron chi connectivity index (χ4n) is 3.87. The van der Waals surface area contributed by atoms with Crippen molar-refractivity contribution in [1.29, 1.82) is 0 Å². The van der Waals surface area contributed by atoms with Crippen LogP contribution in [0.15, 0.2) is 11.1 Å². The second-order valence-corrected chi connectivity index (χ2v) is 6.35. The van der Waals surface area contributed by atoms with E-state index in [1.807, 2.05) is 6.92 Å². The maximum atomic E-state index is 12.1. The van der Waals surface area contributed by atoms with Gasteiger partial charge in [0.2, 0.25) is 0 Å². The molecule has 0 aromatic carbocycles. The predicted molar refractivity (Wildman–Crippen MR) is 80.0 cm³/mol. The van der Waals surface area contributed by atoms with E-state index in [1.54, 1.807) is 0 Å². The standard InChI is InChI=1S/C17H24O5/c1-11-15-6-4-5-14(9-21-12(2)18)17(15,8-7-16(11)20)10-22-13(3)19/h14H,4-10H2,1-3H3/t14-,17-/m1/s1. The molecular weight excluding hydrogens is 284 g/mol. The molecule has 122 valence electrons. The van der Waals surface area contributed by atoms with Gasteiger partial charge in [-0.3, -0.25) is 14.4 Å². The van der Waals surface area contributed by atoms with Gasteiger partial charge in [0.25, 0.3) is 0 Å². The van der Waals surface area contributed by atoms with Crippen LogP contribution in [0.5, 0.6) is 0 Å². The van der Waals surface area contributed by atoms with Crippen LogP contribution in [0.25, 0.3) is 0 Å². The second kappa shape index (κ2) is 6.63. The first-order valence-corrected chi connectivity index (χ1v) is 7.87. The Hall–Kier alpha value is -1.65. The van der Waals surface area contributed by atoms with Crippen LogP contribution in [0.1, 0.15) is 52.9 Å². The molecule has 2 aliphatic carbocycles. The number of carbonyl (C=O) groups is 3. The summed E-state index contributed by atoms with van der Waals surface area (Å²) in [5.41, 5.74) is 1.57. The van der Waals surface area contributed by atoms with Crippen molar-refractivity contribution < 1.29 is 23.9 Å². The average molecular weight is 308 g/mol. The molecule has 0 amide bonds. The fraction of sp³-hybridized carbons (Fsp3) is 0.706. The third kappa shape index (κ3) is 3.23. The Kier molecular flexibility index (Phi) is 5.04. The lowest BCUT2D eigenvalue weighted by molar-refractivity contribution is -0.151. The number of allylic oxidation sites excluding steroid dienone is 1. The van der Waals surface area contributed by atoms with E-state index >= 15 is 0 Å². The Bertz CT molecular complexity index is 519. The third-order valence-corrected chi connectivity index (χ3v) is 5.05. The van der Waals surface area contributed by atoms with Crippen LogP contribution < -0.4 is 0 Å². The van der Waals surface area contributed by atoms with E-state index in [9.17, 15) is 14.4 Å². The first-order valence-electron chi connectivity index (χ1n) is 7.87. The molecule has 0 radical (unpaired) electrons. The number of hydrogen-bond donors (Lipinski definition) is 0. The zero-order chi connectivity index (χ0) is 16.3. The van der Waals surface area contributed by atoms with Crippen molar-refractivity contribution in [3.8, 4) is 0 Å². The molecule has 0 aromatic heterocycles. The smallest absolute Gasteiger partial charge is 0.302 e. The summed E-state index contributed by atoms with van der Waals surface area (Å²) in [6.07, 6.45) is 3.87. The van der Waals surface area contributed by atoms with Crippen molar-refractivity contribution in [3.63, 3.8) is 0 Å². The minimum Gasteiger partial charge on any atom is -0.466 e. The van der Waals surface area contributed by atoms with Crippen molar-refractivity contribution >= 4 is 17.7 Å². The van der Waals surface area contributed by atoms with Gasteiger partial charge in [-0.2, -0.15) is 0 Å².